The Kier molecular flexibility index (Phi) is 4.82. The summed E-state index contributed by atoms with van der Waals surface area (Å²) in [5.74, 6) is -0.0747. The number of nitrogens with zero attached hydrogens (tertiary/aromatic N) is 4. The van der Waals surface area contributed by atoms with Crippen molar-refractivity contribution in [2.45, 2.75) is 20.8 Å². The van der Waals surface area contributed by atoms with Crippen LogP contribution in [-0.4, -0.2) is 76.1 Å². The van der Waals surface area contributed by atoms with E-state index in [-0.39, 0.29) is 11.9 Å². The number of urea groups is 1. The predicted octanol–water partition coefficient (Wildman–Crippen LogP) is 0.938. The summed E-state index contributed by atoms with van der Waals surface area (Å²) in [5, 5.41) is 6.77. The highest BCUT2D eigenvalue weighted by Crippen LogP contribution is 2.10. The molecule has 1 aromatic rings. The van der Waals surface area contributed by atoms with E-state index in [0.29, 0.717) is 45.0 Å². The Morgan fingerprint density at radius 2 is 1.76 bits per heavy atom. The van der Waals surface area contributed by atoms with Crippen LogP contribution in [0.25, 0.3) is 0 Å². The van der Waals surface area contributed by atoms with Crippen molar-refractivity contribution in [3.8, 4) is 0 Å². The summed E-state index contributed by atoms with van der Waals surface area (Å²) in [4.78, 5) is 29.9. The van der Waals surface area contributed by atoms with E-state index >= 15 is 0 Å². The molecule has 116 valence electrons. The summed E-state index contributed by atoms with van der Waals surface area (Å²) in [6, 6.07) is 1.80. The Morgan fingerprint density at radius 1 is 1.19 bits per heavy atom. The minimum absolute atomic E-state index is 0.0581. The van der Waals surface area contributed by atoms with Gasteiger partial charge in [0, 0.05) is 45.0 Å². The van der Waals surface area contributed by atoms with Gasteiger partial charge >= 0.3 is 6.03 Å². The summed E-state index contributed by atoms with van der Waals surface area (Å²) >= 11 is 0. The molecule has 0 atom stereocenters. The Bertz CT molecular complexity index is 501. The molecule has 1 fully saturated rings. The fraction of sp³-hybridized carbons (Fsp3) is 0.643. The highest BCUT2D eigenvalue weighted by atomic mass is 16.2. The number of nitrogens with one attached hydrogen (secondary N) is 1. The second-order valence-corrected chi connectivity index (χ2v) is 5.17. The molecule has 1 saturated heterocycles. The molecule has 7 heteroatoms. The quantitative estimate of drug-likeness (QED) is 0.901. The van der Waals surface area contributed by atoms with Crippen molar-refractivity contribution in [1.82, 2.24) is 24.9 Å². The van der Waals surface area contributed by atoms with Crippen molar-refractivity contribution in [2.75, 3.05) is 39.3 Å². The standard InChI is InChI=1S/C14H23N5O2/c1-4-17(5-2)14(21)19-8-6-18(7-9-19)13(20)12-10-11(3)15-16-12/h10H,4-9H2,1-3H3,(H,15,16). The van der Waals surface area contributed by atoms with Gasteiger partial charge in [0.05, 0.1) is 0 Å². The first-order chi connectivity index (χ1) is 10.1. The summed E-state index contributed by atoms with van der Waals surface area (Å²) in [6.07, 6.45) is 0. The van der Waals surface area contributed by atoms with E-state index in [1.165, 1.54) is 0 Å². The van der Waals surface area contributed by atoms with Gasteiger partial charge in [-0.3, -0.25) is 9.89 Å². The zero-order chi connectivity index (χ0) is 15.4. The van der Waals surface area contributed by atoms with Gasteiger partial charge in [-0.05, 0) is 26.8 Å². The fourth-order valence-electron chi connectivity index (χ4n) is 2.48. The molecule has 0 aromatic carbocycles. The molecule has 1 aliphatic heterocycles. The average Bonchev–Trinajstić information content (AvgIpc) is 2.94. The van der Waals surface area contributed by atoms with Crippen LogP contribution < -0.4 is 0 Å². The average molecular weight is 293 g/mol. The van der Waals surface area contributed by atoms with Gasteiger partial charge in [-0.2, -0.15) is 5.10 Å². The predicted molar refractivity (Wildman–Crippen MR) is 79.1 cm³/mol. The number of carbonyl (C=O) groups excluding carboxylic acids is 2. The zero-order valence-electron chi connectivity index (χ0n) is 12.9. The van der Waals surface area contributed by atoms with Gasteiger partial charge in [-0.25, -0.2) is 4.79 Å². The van der Waals surface area contributed by atoms with Crippen LogP contribution in [0.4, 0.5) is 4.79 Å². The third-order valence-electron chi connectivity index (χ3n) is 3.80. The lowest BCUT2D eigenvalue weighted by Gasteiger charge is -2.36. The van der Waals surface area contributed by atoms with Crippen molar-refractivity contribution in [2.24, 2.45) is 0 Å². The van der Waals surface area contributed by atoms with Gasteiger partial charge < -0.3 is 14.7 Å². The largest absolute Gasteiger partial charge is 0.334 e. The maximum absolute atomic E-state index is 12.3. The number of carbonyl (C=O) groups is 2. The molecule has 0 aliphatic carbocycles. The number of aryl methyl sites for hydroxylation is 1. The van der Waals surface area contributed by atoms with E-state index in [4.69, 9.17) is 0 Å². The van der Waals surface area contributed by atoms with E-state index in [2.05, 4.69) is 10.2 Å². The maximum Gasteiger partial charge on any atom is 0.320 e. The van der Waals surface area contributed by atoms with Crippen LogP contribution in [0.3, 0.4) is 0 Å². The molecular formula is C14H23N5O2. The summed E-state index contributed by atoms with van der Waals surface area (Å²) < 4.78 is 0. The molecule has 0 spiro atoms. The minimum atomic E-state index is -0.0747. The van der Waals surface area contributed by atoms with E-state index < -0.39 is 0 Å². The van der Waals surface area contributed by atoms with Gasteiger partial charge in [0.2, 0.25) is 0 Å². The second-order valence-electron chi connectivity index (χ2n) is 5.17. The first kappa shape index (κ1) is 15.3. The van der Waals surface area contributed by atoms with Gasteiger partial charge in [0.1, 0.15) is 5.69 Å². The molecule has 2 rings (SSSR count). The molecule has 3 amide bonds. The number of amides is 3. The number of piperazine rings is 1. The molecule has 0 bridgehead atoms. The van der Waals surface area contributed by atoms with Gasteiger partial charge in [0.25, 0.3) is 5.91 Å². The third-order valence-corrected chi connectivity index (χ3v) is 3.80. The molecular weight excluding hydrogens is 270 g/mol. The molecule has 21 heavy (non-hydrogen) atoms. The summed E-state index contributed by atoms with van der Waals surface area (Å²) in [7, 11) is 0. The fourth-order valence-corrected chi connectivity index (χ4v) is 2.48. The van der Waals surface area contributed by atoms with Crippen LogP contribution in [0.5, 0.6) is 0 Å². The normalized spacial score (nSPS) is 15.2. The minimum Gasteiger partial charge on any atom is -0.334 e. The van der Waals surface area contributed by atoms with Crippen molar-refractivity contribution in [3.05, 3.63) is 17.5 Å². The maximum atomic E-state index is 12.3. The molecule has 1 aromatic heterocycles. The summed E-state index contributed by atoms with van der Waals surface area (Å²) in [5.41, 5.74) is 1.31. The van der Waals surface area contributed by atoms with Crippen LogP contribution in [0, 0.1) is 6.92 Å². The number of rotatable bonds is 3. The number of aromatic nitrogens is 2. The topological polar surface area (TPSA) is 72.5 Å². The highest BCUT2D eigenvalue weighted by molar-refractivity contribution is 5.92. The molecule has 7 nitrogen and oxygen atoms in total. The summed E-state index contributed by atoms with van der Waals surface area (Å²) in [6.45, 7) is 9.49. The van der Waals surface area contributed by atoms with Crippen LogP contribution in [-0.2, 0) is 0 Å². The van der Waals surface area contributed by atoms with Crippen LogP contribution in [0.15, 0.2) is 6.07 Å². The molecule has 1 N–H and O–H groups in total. The third kappa shape index (κ3) is 3.34. The van der Waals surface area contributed by atoms with Gasteiger partial charge in [-0.15, -0.1) is 0 Å². The second kappa shape index (κ2) is 6.60. The monoisotopic (exact) mass is 293 g/mol. The SMILES string of the molecule is CCN(CC)C(=O)N1CCN(C(=O)c2cc(C)[nH]n2)CC1. The van der Waals surface area contributed by atoms with Crippen molar-refractivity contribution in [1.29, 1.82) is 0 Å². The number of hydrogen-bond acceptors (Lipinski definition) is 3. The van der Waals surface area contributed by atoms with E-state index in [0.717, 1.165) is 5.69 Å². The van der Waals surface area contributed by atoms with Crippen LogP contribution in [0.2, 0.25) is 0 Å². The van der Waals surface area contributed by atoms with Gasteiger partial charge in [-0.1, -0.05) is 0 Å². The Labute approximate surface area is 124 Å². The Balaban J connectivity index is 1.91. The van der Waals surface area contributed by atoms with Crippen molar-refractivity contribution in [3.63, 3.8) is 0 Å². The van der Waals surface area contributed by atoms with E-state index in [1.54, 1.807) is 15.9 Å². The van der Waals surface area contributed by atoms with E-state index in [1.807, 2.05) is 25.7 Å². The smallest absolute Gasteiger partial charge is 0.320 e. The first-order valence-electron chi connectivity index (χ1n) is 7.42. The lowest BCUT2D eigenvalue weighted by molar-refractivity contribution is 0.0636. The van der Waals surface area contributed by atoms with E-state index in [9.17, 15) is 9.59 Å². The van der Waals surface area contributed by atoms with Crippen molar-refractivity contribution >= 4 is 11.9 Å². The highest BCUT2D eigenvalue weighted by Gasteiger charge is 2.27. The Hall–Kier alpha value is -2.05. The van der Waals surface area contributed by atoms with Crippen LogP contribution >= 0.6 is 0 Å². The van der Waals surface area contributed by atoms with Crippen LogP contribution in [0.1, 0.15) is 30.0 Å². The molecule has 0 radical (unpaired) electrons. The molecule has 0 unspecified atom stereocenters. The lowest BCUT2D eigenvalue weighted by atomic mass is 10.2. The molecule has 0 saturated carbocycles. The molecule has 1 aliphatic rings. The van der Waals surface area contributed by atoms with Gasteiger partial charge in [0.15, 0.2) is 0 Å². The first-order valence-corrected chi connectivity index (χ1v) is 7.42. The number of aromatic amines is 1. The number of hydrogen-bond donors (Lipinski definition) is 1. The lowest BCUT2D eigenvalue weighted by Crippen LogP contribution is -2.54. The Morgan fingerprint density at radius 3 is 2.24 bits per heavy atom. The van der Waals surface area contributed by atoms with Crippen molar-refractivity contribution < 1.29 is 9.59 Å². The molecule has 2 heterocycles. The zero-order valence-corrected chi connectivity index (χ0v) is 12.9. The number of H-pyrrole nitrogens is 1.